The predicted octanol–water partition coefficient (Wildman–Crippen LogP) is 4.10. The molecule has 4 heteroatoms. The Balaban J connectivity index is 2.33. The van der Waals surface area contributed by atoms with Crippen LogP contribution in [-0.2, 0) is 0 Å². The Labute approximate surface area is 123 Å². The fourth-order valence-corrected chi connectivity index (χ4v) is 2.22. The first-order valence-electron chi connectivity index (χ1n) is 6.33. The number of nitrogen functional groups attached to an aromatic ring is 1. The number of benzene rings is 2. The van der Waals surface area contributed by atoms with Gasteiger partial charge in [0.1, 0.15) is 0 Å². The first-order valence-corrected chi connectivity index (χ1v) is 6.71. The normalized spacial score (nSPS) is 10.4. The van der Waals surface area contributed by atoms with E-state index in [0.717, 1.165) is 16.7 Å². The molecule has 0 fully saturated rings. The monoisotopic (exact) mass is 288 g/mol. The van der Waals surface area contributed by atoms with Crippen molar-refractivity contribution in [2.75, 3.05) is 11.1 Å². The molecule has 1 amide bonds. The van der Waals surface area contributed by atoms with Crippen LogP contribution in [0.2, 0.25) is 5.02 Å². The minimum absolute atomic E-state index is 0.181. The Hall–Kier alpha value is -2.00. The van der Waals surface area contributed by atoms with Gasteiger partial charge in [0, 0.05) is 22.0 Å². The van der Waals surface area contributed by atoms with Gasteiger partial charge in [0.25, 0.3) is 5.91 Å². The maximum atomic E-state index is 12.4. The lowest BCUT2D eigenvalue weighted by atomic mass is 10.0. The van der Waals surface area contributed by atoms with Gasteiger partial charge in [-0.3, -0.25) is 4.79 Å². The molecular formula is C16H17ClN2O. The maximum Gasteiger partial charge on any atom is 0.256 e. The summed E-state index contributed by atoms with van der Waals surface area (Å²) in [4.78, 5) is 12.4. The van der Waals surface area contributed by atoms with Crippen molar-refractivity contribution in [1.29, 1.82) is 0 Å². The fourth-order valence-electron chi connectivity index (χ4n) is 2.05. The maximum absolute atomic E-state index is 12.4. The Morgan fingerprint density at radius 2 is 1.85 bits per heavy atom. The van der Waals surface area contributed by atoms with E-state index in [-0.39, 0.29) is 5.91 Å². The summed E-state index contributed by atoms with van der Waals surface area (Å²) in [6.07, 6.45) is 0. The lowest BCUT2D eigenvalue weighted by Gasteiger charge is -2.12. The van der Waals surface area contributed by atoms with Crippen LogP contribution in [-0.4, -0.2) is 5.91 Å². The van der Waals surface area contributed by atoms with Gasteiger partial charge in [0.15, 0.2) is 0 Å². The van der Waals surface area contributed by atoms with Gasteiger partial charge in [-0.05, 0) is 55.7 Å². The molecule has 0 aromatic heterocycles. The lowest BCUT2D eigenvalue weighted by molar-refractivity contribution is 0.102. The van der Waals surface area contributed by atoms with Crippen LogP contribution in [0.3, 0.4) is 0 Å². The largest absolute Gasteiger partial charge is 0.398 e. The minimum Gasteiger partial charge on any atom is -0.398 e. The third kappa shape index (κ3) is 2.78. The smallest absolute Gasteiger partial charge is 0.256 e. The van der Waals surface area contributed by atoms with Crippen molar-refractivity contribution in [1.82, 2.24) is 0 Å². The minimum atomic E-state index is -0.181. The highest BCUT2D eigenvalue weighted by Gasteiger charge is 2.12. The standard InChI is InChI=1S/C16H17ClN2O/c1-9-7-10(2)14(18)8-12(9)16(20)19-15-6-4-5-13(17)11(15)3/h4-8H,18H2,1-3H3,(H,19,20). The van der Waals surface area contributed by atoms with Gasteiger partial charge < -0.3 is 11.1 Å². The van der Waals surface area contributed by atoms with Crippen molar-refractivity contribution in [3.8, 4) is 0 Å². The van der Waals surface area contributed by atoms with Gasteiger partial charge in [0.2, 0.25) is 0 Å². The summed E-state index contributed by atoms with van der Waals surface area (Å²) >= 11 is 6.05. The molecule has 0 aliphatic carbocycles. The molecule has 0 spiro atoms. The summed E-state index contributed by atoms with van der Waals surface area (Å²) in [7, 11) is 0. The molecule has 0 bridgehead atoms. The average molecular weight is 289 g/mol. The molecule has 0 saturated heterocycles. The number of nitrogens with two attached hydrogens (primary N) is 1. The molecule has 0 unspecified atom stereocenters. The van der Waals surface area contributed by atoms with E-state index < -0.39 is 0 Å². The molecule has 3 N–H and O–H groups in total. The molecule has 2 rings (SSSR count). The molecule has 0 aliphatic rings. The Bertz CT molecular complexity index is 680. The second-order valence-electron chi connectivity index (χ2n) is 4.89. The number of hydrogen-bond donors (Lipinski definition) is 2. The zero-order valence-electron chi connectivity index (χ0n) is 11.8. The number of carbonyl (C=O) groups excluding carboxylic acids is 1. The number of halogens is 1. The molecule has 104 valence electrons. The number of anilines is 2. The van der Waals surface area contributed by atoms with Crippen LogP contribution in [0.25, 0.3) is 0 Å². The molecule has 3 nitrogen and oxygen atoms in total. The van der Waals surface area contributed by atoms with Crippen LogP contribution in [0.4, 0.5) is 11.4 Å². The van der Waals surface area contributed by atoms with Gasteiger partial charge in [-0.2, -0.15) is 0 Å². The highest BCUT2D eigenvalue weighted by Crippen LogP contribution is 2.24. The summed E-state index contributed by atoms with van der Waals surface area (Å²) in [5.74, 6) is -0.181. The van der Waals surface area contributed by atoms with Crippen LogP contribution in [0.5, 0.6) is 0 Å². The van der Waals surface area contributed by atoms with E-state index in [1.807, 2.05) is 32.9 Å². The molecular weight excluding hydrogens is 272 g/mol. The molecule has 0 saturated carbocycles. The number of aryl methyl sites for hydroxylation is 2. The molecule has 20 heavy (non-hydrogen) atoms. The summed E-state index contributed by atoms with van der Waals surface area (Å²) < 4.78 is 0. The van der Waals surface area contributed by atoms with Gasteiger partial charge in [-0.15, -0.1) is 0 Å². The Morgan fingerprint density at radius 1 is 1.15 bits per heavy atom. The van der Waals surface area contributed by atoms with E-state index in [2.05, 4.69) is 5.32 Å². The van der Waals surface area contributed by atoms with Gasteiger partial charge in [-0.25, -0.2) is 0 Å². The second kappa shape index (κ2) is 5.55. The Morgan fingerprint density at radius 3 is 2.55 bits per heavy atom. The van der Waals surface area contributed by atoms with Gasteiger partial charge >= 0.3 is 0 Å². The zero-order valence-corrected chi connectivity index (χ0v) is 12.5. The molecule has 0 atom stereocenters. The molecule has 0 heterocycles. The first kappa shape index (κ1) is 14.4. The van der Waals surface area contributed by atoms with E-state index in [1.165, 1.54) is 0 Å². The van der Waals surface area contributed by atoms with E-state index >= 15 is 0 Å². The number of hydrogen-bond acceptors (Lipinski definition) is 2. The molecule has 2 aromatic rings. The topological polar surface area (TPSA) is 55.1 Å². The average Bonchev–Trinajstić information content (AvgIpc) is 2.39. The zero-order chi connectivity index (χ0) is 14.9. The summed E-state index contributed by atoms with van der Waals surface area (Å²) in [5, 5.41) is 3.50. The third-order valence-corrected chi connectivity index (χ3v) is 3.78. The number of rotatable bonds is 2. The highest BCUT2D eigenvalue weighted by molar-refractivity contribution is 6.31. The summed E-state index contributed by atoms with van der Waals surface area (Å²) in [6, 6.07) is 9.05. The predicted molar refractivity (Wildman–Crippen MR) is 84.5 cm³/mol. The van der Waals surface area contributed by atoms with Crippen molar-refractivity contribution in [3.63, 3.8) is 0 Å². The molecule has 0 aliphatic heterocycles. The van der Waals surface area contributed by atoms with E-state index in [1.54, 1.807) is 18.2 Å². The van der Waals surface area contributed by atoms with Crippen molar-refractivity contribution < 1.29 is 4.79 Å². The first-order chi connectivity index (χ1) is 9.40. The van der Waals surface area contributed by atoms with Crippen LogP contribution in [0.15, 0.2) is 30.3 Å². The van der Waals surface area contributed by atoms with E-state index in [4.69, 9.17) is 17.3 Å². The Kier molecular flexibility index (Phi) is 4.00. The molecule has 2 aromatic carbocycles. The van der Waals surface area contributed by atoms with E-state index in [0.29, 0.717) is 22.0 Å². The third-order valence-electron chi connectivity index (χ3n) is 3.37. The van der Waals surface area contributed by atoms with E-state index in [9.17, 15) is 4.79 Å². The van der Waals surface area contributed by atoms with Crippen LogP contribution in [0.1, 0.15) is 27.0 Å². The summed E-state index contributed by atoms with van der Waals surface area (Å²) in [5.41, 5.74) is 10.5. The second-order valence-corrected chi connectivity index (χ2v) is 5.30. The fraction of sp³-hybridized carbons (Fsp3) is 0.188. The van der Waals surface area contributed by atoms with Crippen molar-refractivity contribution in [2.45, 2.75) is 20.8 Å². The SMILES string of the molecule is Cc1cc(C)c(C(=O)Nc2cccc(Cl)c2C)cc1N. The highest BCUT2D eigenvalue weighted by atomic mass is 35.5. The lowest BCUT2D eigenvalue weighted by Crippen LogP contribution is -2.15. The van der Waals surface area contributed by atoms with Crippen molar-refractivity contribution in [2.24, 2.45) is 0 Å². The van der Waals surface area contributed by atoms with Gasteiger partial charge in [0.05, 0.1) is 0 Å². The number of nitrogens with one attached hydrogen (secondary N) is 1. The van der Waals surface area contributed by atoms with Crippen LogP contribution in [0, 0.1) is 20.8 Å². The van der Waals surface area contributed by atoms with Crippen LogP contribution >= 0.6 is 11.6 Å². The number of carbonyl (C=O) groups is 1. The van der Waals surface area contributed by atoms with Crippen molar-refractivity contribution >= 4 is 28.9 Å². The quantitative estimate of drug-likeness (QED) is 0.818. The molecule has 0 radical (unpaired) electrons. The van der Waals surface area contributed by atoms with Gasteiger partial charge in [-0.1, -0.05) is 23.7 Å². The number of amides is 1. The van der Waals surface area contributed by atoms with Crippen LogP contribution < -0.4 is 11.1 Å². The summed E-state index contributed by atoms with van der Waals surface area (Å²) in [6.45, 7) is 5.69. The van der Waals surface area contributed by atoms with Crippen molar-refractivity contribution in [3.05, 3.63) is 57.6 Å².